The molecule has 1 aromatic rings. The second kappa shape index (κ2) is 6.33. The third-order valence-corrected chi connectivity index (χ3v) is 3.32. The van der Waals surface area contributed by atoms with Crippen molar-refractivity contribution >= 4 is 11.6 Å². The fraction of sp³-hybridized carbons (Fsp3) is 0.462. The Morgan fingerprint density at radius 1 is 1.35 bits per heavy atom. The summed E-state index contributed by atoms with van der Waals surface area (Å²) in [4.78, 5) is 23.3. The van der Waals surface area contributed by atoms with Gasteiger partial charge in [0.15, 0.2) is 0 Å². The number of carbonyl (C=O) groups excluding carboxylic acids is 1. The van der Waals surface area contributed by atoms with Gasteiger partial charge in [-0.3, -0.25) is 14.9 Å². The maximum Gasteiger partial charge on any atom is 0.269 e. The van der Waals surface area contributed by atoms with E-state index in [2.05, 4.69) is 0 Å². The SMILES string of the molecule is NCC(=O)N1CCC(Oc2ccc([N+](=O)[O-])cc2)CC1. The number of likely N-dealkylation sites (tertiary alicyclic amines) is 1. The number of nitro benzene ring substituents is 1. The van der Waals surface area contributed by atoms with Gasteiger partial charge in [0.1, 0.15) is 11.9 Å². The molecule has 1 heterocycles. The Morgan fingerprint density at radius 2 is 1.95 bits per heavy atom. The minimum absolute atomic E-state index is 0.0262. The van der Waals surface area contributed by atoms with Crippen LogP contribution in [0.4, 0.5) is 5.69 Å². The molecule has 1 amide bonds. The first-order valence-electron chi connectivity index (χ1n) is 6.49. The molecule has 0 saturated carbocycles. The van der Waals surface area contributed by atoms with E-state index >= 15 is 0 Å². The van der Waals surface area contributed by atoms with Crippen LogP contribution in [-0.4, -0.2) is 41.5 Å². The number of amides is 1. The molecule has 108 valence electrons. The van der Waals surface area contributed by atoms with E-state index in [1.165, 1.54) is 12.1 Å². The van der Waals surface area contributed by atoms with Crippen LogP contribution < -0.4 is 10.5 Å². The van der Waals surface area contributed by atoms with E-state index in [0.717, 1.165) is 12.8 Å². The summed E-state index contributed by atoms with van der Waals surface area (Å²) in [6.45, 7) is 1.30. The Bertz CT molecular complexity index is 481. The second-order valence-corrected chi connectivity index (χ2v) is 4.65. The Hall–Kier alpha value is -2.15. The van der Waals surface area contributed by atoms with Gasteiger partial charge >= 0.3 is 0 Å². The van der Waals surface area contributed by atoms with Crippen molar-refractivity contribution in [2.75, 3.05) is 19.6 Å². The van der Waals surface area contributed by atoms with Crippen LogP contribution in [-0.2, 0) is 4.79 Å². The number of nitro groups is 1. The van der Waals surface area contributed by atoms with E-state index in [0.29, 0.717) is 18.8 Å². The molecule has 7 nitrogen and oxygen atoms in total. The summed E-state index contributed by atoms with van der Waals surface area (Å²) in [7, 11) is 0. The molecule has 0 aliphatic carbocycles. The van der Waals surface area contributed by atoms with E-state index in [1.807, 2.05) is 0 Å². The van der Waals surface area contributed by atoms with Crippen LogP contribution in [0.2, 0.25) is 0 Å². The summed E-state index contributed by atoms with van der Waals surface area (Å²) in [6.07, 6.45) is 1.50. The largest absolute Gasteiger partial charge is 0.490 e. The van der Waals surface area contributed by atoms with Crippen molar-refractivity contribution in [1.82, 2.24) is 4.90 Å². The van der Waals surface area contributed by atoms with Gasteiger partial charge in [-0.25, -0.2) is 0 Å². The fourth-order valence-corrected chi connectivity index (χ4v) is 2.19. The average molecular weight is 279 g/mol. The molecule has 1 saturated heterocycles. The first-order chi connectivity index (χ1) is 9.60. The molecule has 7 heteroatoms. The lowest BCUT2D eigenvalue weighted by molar-refractivity contribution is -0.384. The van der Waals surface area contributed by atoms with Gasteiger partial charge in [0.05, 0.1) is 11.5 Å². The van der Waals surface area contributed by atoms with E-state index in [9.17, 15) is 14.9 Å². The highest BCUT2D eigenvalue weighted by atomic mass is 16.6. The quantitative estimate of drug-likeness (QED) is 0.652. The molecule has 1 aromatic carbocycles. The van der Waals surface area contributed by atoms with Gasteiger partial charge < -0.3 is 15.4 Å². The summed E-state index contributed by atoms with van der Waals surface area (Å²) >= 11 is 0. The maximum atomic E-state index is 11.4. The molecule has 0 atom stereocenters. The zero-order valence-electron chi connectivity index (χ0n) is 11.0. The number of nitrogens with two attached hydrogens (primary N) is 1. The minimum Gasteiger partial charge on any atom is -0.490 e. The number of piperidine rings is 1. The molecule has 1 fully saturated rings. The molecule has 2 N–H and O–H groups in total. The summed E-state index contributed by atoms with van der Waals surface area (Å²) < 4.78 is 5.76. The molecular weight excluding hydrogens is 262 g/mol. The third kappa shape index (κ3) is 3.45. The van der Waals surface area contributed by atoms with Crippen molar-refractivity contribution in [2.45, 2.75) is 18.9 Å². The molecule has 0 bridgehead atoms. The van der Waals surface area contributed by atoms with Crippen LogP contribution in [0, 0.1) is 10.1 Å². The standard InChI is InChI=1S/C13H17N3O4/c14-9-13(17)15-7-5-12(6-8-15)20-11-3-1-10(2-4-11)16(18)19/h1-4,12H,5-9,14H2. The highest BCUT2D eigenvalue weighted by Gasteiger charge is 2.23. The van der Waals surface area contributed by atoms with Gasteiger partial charge in [-0.15, -0.1) is 0 Å². The van der Waals surface area contributed by atoms with Crippen LogP contribution in [0.5, 0.6) is 5.75 Å². The number of nitrogens with zero attached hydrogens (tertiary/aromatic N) is 2. The molecule has 1 aliphatic heterocycles. The van der Waals surface area contributed by atoms with E-state index in [1.54, 1.807) is 17.0 Å². The molecule has 0 spiro atoms. The number of carbonyl (C=O) groups is 1. The molecule has 20 heavy (non-hydrogen) atoms. The molecule has 2 rings (SSSR count). The number of hydrogen-bond acceptors (Lipinski definition) is 5. The predicted octanol–water partition coefficient (Wildman–Crippen LogP) is 0.923. The number of rotatable bonds is 4. The summed E-state index contributed by atoms with van der Waals surface area (Å²) in [5.41, 5.74) is 5.36. The predicted molar refractivity (Wildman–Crippen MR) is 72.4 cm³/mol. The highest BCUT2D eigenvalue weighted by molar-refractivity contribution is 5.78. The molecule has 0 radical (unpaired) electrons. The summed E-state index contributed by atoms with van der Waals surface area (Å²) in [5, 5.41) is 10.5. The number of benzene rings is 1. The Kier molecular flexibility index (Phi) is 4.52. The van der Waals surface area contributed by atoms with Crippen molar-refractivity contribution in [3.63, 3.8) is 0 Å². The molecule has 0 unspecified atom stereocenters. The first kappa shape index (κ1) is 14.3. The zero-order chi connectivity index (χ0) is 14.5. The second-order valence-electron chi connectivity index (χ2n) is 4.65. The topological polar surface area (TPSA) is 98.7 Å². The number of hydrogen-bond donors (Lipinski definition) is 1. The lowest BCUT2D eigenvalue weighted by atomic mass is 10.1. The molecular formula is C13H17N3O4. The molecule has 0 aromatic heterocycles. The van der Waals surface area contributed by atoms with Gasteiger partial charge in [0.2, 0.25) is 5.91 Å². The first-order valence-corrected chi connectivity index (χ1v) is 6.49. The highest BCUT2D eigenvalue weighted by Crippen LogP contribution is 2.21. The number of non-ortho nitro benzene ring substituents is 1. The van der Waals surface area contributed by atoms with E-state index < -0.39 is 4.92 Å². The van der Waals surface area contributed by atoms with Gasteiger partial charge in [0.25, 0.3) is 5.69 Å². The van der Waals surface area contributed by atoms with Crippen molar-refractivity contribution in [2.24, 2.45) is 5.73 Å². The van der Waals surface area contributed by atoms with Crippen molar-refractivity contribution in [1.29, 1.82) is 0 Å². The fourth-order valence-electron chi connectivity index (χ4n) is 2.19. The van der Waals surface area contributed by atoms with Crippen molar-refractivity contribution in [3.8, 4) is 5.75 Å². The monoisotopic (exact) mass is 279 g/mol. The van der Waals surface area contributed by atoms with E-state index in [-0.39, 0.29) is 24.2 Å². The smallest absolute Gasteiger partial charge is 0.269 e. The Morgan fingerprint density at radius 3 is 2.45 bits per heavy atom. The Labute approximate surface area is 116 Å². The minimum atomic E-state index is -0.444. The van der Waals surface area contributed by atoms with E-state index in [4.69, 9.17) is 10.5 Å². The van der Waals surface area contributed by atoms with Crippen molar-refractivity contribution in [3.05, 3.63) is 34.4 Å². The normalized spacial score (nSPS) is 15.9. The molecule has 1 aliphatic rings. The maximum absolute atomic E-state index is 11.4. The van der Waals surface area contributed by atoms with Gasteiger partial charge in [0, 0.05) is 38.1 Å². The van der Waals surface area contributed by atoms with Gasteiger partial charge in [-0.05, 0) is 12.1 Å². The van der Waals surface area contributed by atoms with Crippen LogP contribution >= 0.6 is 0 Å². The van der Waals surface area contributed by atoms with Gasteiger partial charge in [-0.2, -0.15) is 0 Å². The average Bonchev–Trinajstić information content (AvgIpc) is 2.48. The number of ether oxygens (including phenoxy) is 1. The van der Waals surface area contributed by atoms with Crippen LogP contribution in [0.1, 0.15) is 12.8 Å². The van der Waals surface area contributed by atoms with Crippen LogP contribution in [0.15, 0.2) is 24.3 Å². The lowest BCUT2D eigenvalue weighted by Gasteiger charge is -2.31. The van der Waals surface area contributed by atoms with Crippen LogP contribution in [0.25, 0.3) is 0 Å². The third-order valence-electron chi connectivity index (χ3n) is 3.32. The van der Waals surface area contributed by atoms with Crippen LogP contribution in [0.3, 0.4) is 0 Å². The Balaban J connectivity index is 1.86. The van der Waals surface area contributed by atoms with Crippen molar-refractivity contribution < 1.29 is 14.5 Å². The zero-order valence-corrected chi connectivity index (χ0v) is 11.0. The van der Waals surface area contributed by atoms with Gasteiger partial charge in [-0.1, -0.05) is 0 Å². The lowest BCUT2D eigenvalue weighted by Crippen LogP contribution is -2.44. The summed E-state index contributed by atoms with van der Waals surface area (Å²) in [5.74, 6) is 0.568. The summed E-state index contributed by atoms with van der Waals surface area (Å²) in [6, 6.07) is 6.02.